The van der Waals surface area contributed by atoms with Crippen LogP contribution in [0.15, 0.2) is 56.8 Å². The molecule has 0 aliphatic rings. The van der Waals surface area contributed by atoms with Gasteiger partial charge in [0.05, 0.1) is 17.1 Å². The molecule has 3 aromatic rings. The molecule has 2 aromatic carbocycles. The van der Waals surface area contributed by atoms with Gasteiger partial charge in [0.25, 0.3) is 5.56 Å². The van der Waals surface area contributed by atoms with Gasteiger partial charge in [-0.2, -0.15) is 9.78 Å². The summed E-state index contributed by atoms with van der Waals surface area (Å²) in [4.78, 5) is 29.0. The summed E-state index contributed by atoms with van der Waals surface area (Å²) in [6, 6.07) is 12.5. The molecule has 1 heterocycles. The number of aromatic nitrogens is 2. The molecule has 28 heavy (non-hydrogen) atoms. The number of para-hydroxylation sites is 1. The van der Waals surface area contributed by atoms with Crippen molar-refractivity contribution in [1.82, 2.24) is 9.66 Å². The topological polar surface area (TPSA) is 73.6 Å². The van der Waals surface area contributed by atoms with Crippen LogP contribution in [0.5, 0.6) is 5.75 Å². The Hall–Kier alpha value is -2.80. The van der Waals surface area contributed by atoms with E-state index in [0.29, 0.717) is 34.5 Å². The fourth-order valence-corrected chi connectivity index (χ4v) is 3.13. The largest absolute Gasteiger partial charge is 0.426 e. The number of halogens is 1. The van der Waals surface area contributed by atoms with Crippen LogP contribution >= 0.6 is 15.9 Å². The summed E-state index contributed by atoms with van der Waals surface area (Å²) in [5.74, 6) is 0.570. The molecule has 3 rings (SSSR count). The fraction of sp³-hybridized carbons (Fsp3) is 0.238. The number of unbranched alkanes of at least 4 members (excludes halogenated alkanes) is 1. The normalized spacial score (nSPS) is 11.2. The van der Waals surface area contributed by atoms with Crippen LogP contribution in [0.2, 0.25) is 0 Å². The Kier molecular flexibility index (Phi) is 6.36. The van der Waals surface area contributed by atoms with E-state index < -0.39 is 5.97 Å². The van der Waals surface area contributed by atoms with Gasteiger partial charge in [-0.05, 0) is 36.8 Å². The molecule has 0 unspecified atom stereocenters. The van der Waals surface area contributed by atoms with Gasteiger partial charge in [-0.25, -0.2) is 4.98 Å². The zero-order valence-corrected chi connectivity index (χ0v) is 17.3. The molecular formula is C21H20BrN3O3. The number of carbonyl (C=O) groups excluding carboxylic acids is 1. The number of benzene rings is 2. The van der Waals surface area contributed by atoms with Crippen molar-refractivity contribution in [3.63, 3.8) is 0 Å². The van der Waals surface area contributed by atoms with Crippen LogP contribution in [0.1, 0.15) is 38.1 Å². The molecule has 0 amide bonds. The lowest BCUT2D eigenvalue weighted by atomic mass is 10.2. The monoisotopic (exact) mass is 441 g/mol. The lowest BCUT2D eigenvalue weighted by molar-refractivity contribution is -0.131. The fourth-order valence-electron chi connectivity index (χ4n) is 2.77. The third-order valence-corrected chi connectivity index (χ3v) is 4.61. The standard InChI is InChI=1S/C21H20BrN3O3/c1-3-4-9-20-24-18-11-10-16(22)12-17(18)21(27)25(20)23-13-15-7-5-6-8-19(15)28-14(2)26/h5-8,10-13H,3-4,9H2,1-2H3. The van der Waals surface area contributed by atoms with Crippen molar-refractivity contribution >= 4 is 39.0 Å². The second kappa shape index (κ2) is 8.93. The van der Waals surface area contributed by atoms with E-state index in [2.05, 4.69) is 32.9 Å². The second-order valence-electron chi connectivity index (χ2n) is 6.29. The third kappa shape index (κ3) is 4.54. The van der Waals surface area contributed by atoms with Crippen molar-refractivity contribution < 1.29 is 9.53 Å². The number of nitrogens with zero attached hydrogens (tertiary/aromatic N) is 3. The van der Waals surface area contributed by atoms with Crippen LogP contribution in [-0.4, -0.2) is 21.8 Å². The van der Waals surface area contributed by atoms with Crippen molar-refractivity contribution in [3.05, 3.63) is 68.7 Å². The first-order valence-corrected chi connectivity index (χ1v) is 9.82. The van der Waals surface area contributed by atoms with Crippen LogP contribution in [0.25, 0.3) is 10.9 Å². The maximum Gasteiger partial charge on any atom is 0.308 e. The molecule has 144 valence electrons. The molecule has 0 spiro atoms. The van der Waals surface area contributed by atoms with E-state index in [9.17, 15) is 9.59 Å². The van der Waals surface area contributed by atoms with Crippen LogP contribution in [0.4, 0.5) is 0 Å². The minimum atomic E-state index is -0.418. The third-order valence-electron chi connectivity index (χ3n) is 4.11. The Balaban J connectivity index is 2.11. The smallest absolute Gasteiger partial charge is 0.308 e. The summed E-state index contributed by atoms with van der Waals surface area (Å²) in [5.41, 5.74) is 1.00. The first kappa shape index (κ1) is 19.9. The SMILES string of the molecule is CCCCc1nc2ccc(Br)cc2c(=O)n1N=Cc1ccccc1OC(C)=O. The first-order valence-electron chi connectivity index (χ1n) is 9.02. The highest BCUT2D eigenvalue weighted by atomic mass is 79.9. The van der Waals surface area contributed by atoms with Gasteiger partial charge >= 0.3 is 5.97 Å². The van der Waals surface area contributed by atoms with Gasteiger partial charge < -0.3 is 4.74 Å². The van der Waals surface area contributed by atoms with Gasteiger partial charge in [-0.15, -0.1) is 0 Å². The molecule has 7 heteroatoms. The molecule has 0 radical (unpaired) electrons. The summed E-state index contributed by atoms with van der Waals surface area (Å²) < 4.78 is 7.34. The van der Waals surface area contributed by atoms with Crippen LogP contribution in [-0.2, 0) is 11.2 Å². The molecule has 1 aromatic heterocycles. The molecule has 0 saturated carbocycles. The van der Waals surface area contributed by atoms with E-state index in [1.807, 2.05) is 18.2 Å². The number of fused-ring (bicyclic) bond motifs is 1. The summed E-state index contributed by atoms with van der Waals surface area (Å²) >= 11 is 3.40. The lowest BCUT2D eigenvalue weighted by Crippen LogP contribution is -2.22. The van der Waals surface area contributed by atoms with E-state index in [1.165, 1.54) is 17.8 Å². The van der Waals surface area contributed by atoms with Crippen molar-refractivity contribution in [2.75, 3.05) is 0 Å². The Morgan fingerprint density at radius 2 is 2.07 bits per heavy atom. The number of rotatable bonds is 6. The predicted molar refractivity (Wildman–Crippen MR) is 113 cm³/mol. The number of hydrogen-bond donors (Lipinski definition) is 0. The summed E-state index contributed by atoms with van der Waals surface area (Å²) in [7, 11) is 0. The Morgan fingerprint density at radius 3 is 2.82 bits per heavy atom. The zero-order valence-electron chi connectivity index (χ0n) is 15.7. The van der Waals surface area contributed by atoms with Gasteiger partial charge in [0.15, 0.2) is 0 Å². The number of esters is 1. The average molecular weight is 442 g/mol. The first-order chi connectivity index (χ1) is 13.5. The molecule has 0 aliphatic heterocycles. The number of carbonyl (C=O) groups is 1. The highest BCUT2D eigenvalue weighted by Gasteiger charge is 2.11. The van der Waals surface area contributed by atoms with Crippen molar-refractivity contribution in [1.29, 1.82) is 0 Å². The van der Waals surface area contributed by atoms with Crippen LogP contribution in [0, 0.1) is 0 Å². The Morgan fingerprint density at radius 1 is 1.29 bits per heavy atom. The van der Waals surface area contributed by atoms with E-state index in [1.54, 1.807) is 24.3 Å². The summed E-state index contributed by atoms with van der Waals surface area (Å²) in [6.07, 6.45) is 4.03. The van der Waals surface area contributed by atoms with Crippen molar-refractivity contribution in [2.45, 2.75) is 33.1 Å². The number of hydrogen-bond acceptors (Lipinski definition) is 5. The van der Waals surface area contributed by atoms with Crippen LogP contribution in [0.3, 0.4) is 0 Å². The Bertz CT molecular complexity index is 1110. The zero-order chi connectivity index (χ0) is 20.1. The molecule has 0 N–H and O–H groups in total. The quantitative estimate of drug-likeness (QED) is 0.324. The molecule has 0 aliphatic carbocycles. The van der Waals surface area contributed by atoms with Crippen LogP contribution < -0.4 is 10.3 Å². The van der Waals surface area contributed by atoms with Gasteiger partial charge in [-0.3, -0.25) is 9.59 Å². The van der Waals surface area contributed by atoms with Gasteiger partial charge in [-0.1, -0.05) is 41.4 Å². The van der Waals surface area contributed by atoms with E-state index >= 15 is 0 Å². The molecule has 0 fully saturated rings. The maximum absolute atomic E-state index is 13.1. The summed E-state index contributed by atoms with van der Waals surface area (Å²) in [6.45, 7) is 3.42. The summed E-state index contributed by atoms with van der Waals surface area (Å²) in [5, 5.41) is 4.87. The Labute approximate surface area is 171 Å². The number of ether oxygens (including phenoxy) is 1. The molecule has 6 nitrogen and oxygen atoms in total. The molecule has 0 atom stereocenters. The van der Waals surface area contributed by atoms with E-state index in [0.717, 1.165) is 17.3 Å². The lowest BCUT2D eigenvalue weighted by Gasteiger charge is -2.10. The van der Waals surface area contributed by atoms with E-state index in [4.69, 9.17) is 4.74 Å². The minimum Gasteiger partial charge on any atom is -0.426 e. The predicted octanol–water partition coefficient (Wildman–Crippen LogP) is 4.31. The minimum absolute atomic E-state index is 0.237. The average Bonchev–Trinajstić information content (AvgIpc) is 2.67. The van der Waals surface area contributed by atoms with Gasteiger partial charge in [0.1, 0.15) is 11.6 Å². The maximum atomic E-state index is 13.1. The van der Waals surface area contributed by atoms with Gasteiger partial charge in [0.2, 0.25) is 0 Å². The number of aryl methyl sites for hydroxylation is 1. The highest BCUT2D eigenvalue weighted by Crippen LogP contribution is 2.18. The highest BCUT2D eigenvalue weighted by molar-refractivity contribution is 9.10. The second-order valence-corrected chi connectivity index (χ2v) is 7.20. The molecule has 0 bridgehead atoms. The van der Waals surface area contributed by atoms with E-state index in [-0.39, 0.29) is 5.56 Å². The van der Waals surface area contributed by atoms with Gasteiger partial charge in [0, 0.05) is 23.4 Å². The molecular weight excluding hydrogens is 422 g/mol. The molecule has 0 saturated heterocycles. The van der Waals surface area contributed by atoms with Crippen molar-refractivity contribution in [2.24, 2.45) is 5.10 Å². The van der Waals surface area contributed by atoms with Crippen molar-refractivity contribution in [3.8, 4) is 5.75 Å².